The number of nitrogens with zero attached hydrogens (tertiary/aromatic N) is 1. The van der Waals surface area contributed by atoms with E-state index in [-0.39, 0.29) is 23.3 Å². The van der Waals surface area contributed by atoms with Crippen molar-refractivity contribution in [2.24, 2.45) is 0 Å². The third-order valence-electron chi connectivity index (χ3n) is 5.69. The average Bonchev–Trinajstić information content (AvgIpc) is 3.11. The summed E-state index contributed by atoms with van der Waals surface area (Å²) in [5.74, 6) is -0.244. The normalized spacial score (nSPS) is 15.3. The van der Waals surface area contributed by atoms with Crippen LogP contribution < -0.4 is 10.0 Å². The second-order valence-corrected chi connectivity index (χ2v) is 10.0. The molecule has 2 N–H and O–H groups in total. The lowest BCUT2D eigenvalue weighted by Gasteiger charge is -2.22. The predicted molar refractivity (Wildman–Crippen MR) is 119 cm³/mol. The van der Waals surface area contributed by atoms with Crippen LogP contribution in [0.25, 0.3) is 11.0 Å². The predicted octanol–water partition coefficient (Wildman–Crippen LogP) is 4.24. The van der Waals surface area contributed by atoms with E-state index < -0.39 is 10.0 Å². The number of carbonyl (C=O) groups excluding carboxylic acids is 1. The van der Waals surface area contributed by atoms with E-state index in [0.717, 1.165) is 48.6 Å². The van der Waals surface area contributed by atoms with Crippen molar-refractivity contribution in [2.45, 2.75) is 63.3 Å². The van der Waals surface area contributed by atoms with Crippen LogP contribution in [0.1, 0.15) is 48.9 Å². The first-order valence-corrected chi connectivity index (χ1v) is 12.1. The number of amides is 1. The van der Waals surface area contributed by atoms with Gasteiger partial charge in [0.25, 0.3) is 0 Å². The summed E-state index contributed by atoms with van der Waals surface area (Å²) in [4.78, 5) is 12.7. The van der Waals surface area contributed by atoms with Crippen molar-refractivity contribution in [3.05, 3.63) is 53.2 Å². The Labute approximate surface area is 182 Å². The first kappa shape index (κ1) is 21.5. The Hall–Kier alpha value is -2.71. The molecule has 3 aromatic rings. The minimum absolute atomic E-state index is 0.00246. The molecular weight excluding hydrogens is 414 g/mol. The molecule has 7 nitrogen and oxygen atoms in total. The van der Waals surface area contributed by atoms with Crippen molar-refractivity contribution in [3.8, 4) is 0 Å². The minimum Gasteiger partial charge on any atom is -0.356 e. The summed E-state index contributed by atoms with van der Waals surface area (Å²) in [6, 6.07) is 10.2. The van der Waals surface area contributed by atoms with Gasteiger partial charge in [-0.2, -0.15) is 0 Å². The number of anilines is 1. The fourth-order valence-electron chi connectivity index (χ4n) is 4.22. The summed E-state index contributed by atoms with van der Waals surface area (Å²) in [6.07, 6.45) is 5.10. The number of benzene rings is 2. The van der Waals surface area contributed by atoms with Crippen LogP contribution in [0, 0.1) is 13.8 Å². The van der Waals surface area contributed by atoms with Crippen molar-refractivity contribution in [3.63, 3.8) is 0 Å². The average molecular weight is 442 g/mol. The summed E-state index contributed by atoms with van der Waals surface area (Å²) >= 11 is 0. The Balaban J connectivity index is 1.41. The van der Waals surface area contributed by atoms with Crippen LogP contribution >= 0.6 is 0 Å². The van der Waals surface area contributed by atoms with E-state index in [0.29, 0.717) is 17.0 Å². The number of nitrogens with one attached hydrogen (secondary N) is 2. The summed E-state index contributed by atoms with van der Waals surface area (Å²) in [5.41, 5.74) is 3.87. The third kappa shape index (κ3) is 4.97. The van der Waals surface area contributed by atoms with Gasteiger partial charge in [0.1, 0.15) is 5.69 Å². The maximum atomic E-state index is 12.6. The van der Waals surface area contributed by atoms with Gasteiger partial charge in [-0.3, -0.25) is 4.79 Å². The van der Waals surface area contributed by atoms with Gasteiger partial charge in [-0.25, -0.2) is 13.1 Å². The number of rotatable bonds is 6. The molecule has 0 aliphatic heterocycles. The van der Waals surface area contributed by atoms with Crippen molar-refractivity contribution in [2.75, 3.05) is 5.32 Å². The van der Waals surface area contributed by atoms with E-state index in [1.165, 1.54) is 12.1 Å². The van der Waals surface area contributed by atoms with Gasteiger partial charge in [-0.15, -0.1) is 0 Å². The van der Waals surface area contributed by atoms with E-state index in [2.05, 4.69) is 15.2 Å². The topological polar surface area (TPSA) is 101 Å². The summed E-state index contributed by atoms with van der Waals surface area (Å²) in [6.45, 7) is 3.95. The molecule has 1 aliphatic carbocycles. The standard InChI is InChI=1S/C23H27N3O4S/c1-15-12-16(2)23-20(25-30-21(23)13-15)14-22(27)24-17-8-10-19(11-9-17)31(28,29)26-18-6-4-3-5-7-18/h8-13,18,26H,3-7,14H2,1-2H3,(H,24,27). The summed E-state index contributed by atoms with van der Waals surface area (Å²) < 4.78 is 33.4. The van der Waals surface area contributed by atoms with E-state index in [1.807, 2.05) is 26.0 Å². The molecule has 0 atom stereocenters. The lowest BCUT2D eigenvalue weighted by atomic mass is 9.96. The van der Waals surface area contributed by atoms with Crippen molar-refractivity contribution >= 4 is 32.6 Å². The number of hydrogen-bond acceptors (Lipinski definition) is 5. The second-order valence-electron chi connectivity index (χ2n) is 8.29. The van der Waals surface area contributed by atoms with Gasteiger partial charge in [-0.1, -0.05) is 30.5 Å². The molecule has 2 aromatic carbocycles. The lowest BCUT2D eigenvalue weighted by molar-refractivity contribution is -0.115. The highest BCUT2D eigenvalue weighted by Gasteiger charge is 2.22. The van der Waals surface area contributed by atoms with Crippen molar-refractivity contribution < 1.29 is 17.7 Å². The van der Waals surface area contributed by atoms with Gasteiger partial charge >= 0.3 is 0 Å². The first-order valence-electron chi connectivity index (χ1n) is 10.6. The molecule has 0 bridgehead atoms. The fraction of sp³-hybridized carbons (Fsp3) is 0.391. The Morgan fingerprint density at radius 2 is 1.81 bits per heavy atom. The molecule has 1 aromatic heterocycles. The number of sulfonamides is 1. The van der Waals surface area contributed by atoms with Gasteiger partial charge < -0.3 is 9.84 Å². The molecule has 4 rings (SSSR count). The van der Waals surface area contributed by atoms with Crippen LogP contribution in [0.4, 0.5) is 5.69 Å². The highest BCUT2D eigenvalue weighted by Crippen LogP contribution is 2.25. The maximum absolute atomic E-state index is 12.6. The highest BCUT2D eigenvalue weighted by molar-refractivity contribution is 7.89. The van der Waals surface area contributed by atoms with Crippen LogP contribution in [0.15, 0.2) is 45.8 Å². The number of aromatic nitrogens is 1. The summed E-state index contributed by atoms with van der Waals surface area (Å²) in [5, 5.41) is 7.71. The Morgan fingerprint density at radius 3 is 2.52 bits per heavy atom. The van der Waals surface area contributed by atoms with Crippen LogP contribution in [-0.2, 0) is 21.2 Å². The molecule has 8 heteroatoms. The third-order valence-corrected chi connectivity index (χ3v) is 7.23. The van der Waals surface area contributed by atoms with Gasteiger partial charge in [0.05, 0.1) is 11.3 Å². The molecule has 1 amide bonds. The molecule has 31 heavy (non-hydrogen) atoms. The fourth-order valence-corrected chi connectivity index (χ4v) is 5.53. The van der Waals surface area contributed by atoms with E-state index in [9.17, 15) is 13.2 Å². The molecule has 1 fully saturated rings. The van der Waals surface area contributed by atoms with Gasteiger partial charge in [0.2, 0.25) is 15.9 Å². The van der Waals surface area contributed by atoms with Crippen molar-refractivity contribution in [1.82, 2.24) is 9.88 Å². The van der Waals surface area contributed by atoms with Crippen LogP contribution in [-0.4, -0.2) is 25.5 Å². The van der Waals surface area contributed by atoms with Gasteiger partial charge in [0, 0.05) is 17.1 Å². The number of carbonyl (C=O) groups is 1. The lowest BCUT2D eigenvalue weighted by Crippen LogP contribution is -2.36. The summed E-state index contributed by atoms with van der Waals surface area (Å²) in [7, 11) is -3.56. The Morgan fingerprint density at radius 1 is 1.10 bits per heavy atom. The van der Waals surface area contributed by atoms with E-state index in [4.69, 9.17) is 4.52 Å². The largest absolute Gasteiger partial charge is 0.356 e. The highest BCUT2D eigenvalue weighted by atomic mass is 32.2. The van der Waals surface area contributed by atoms with Gasteiger partial charge in [-0.05, 0) is 68.1 Å². The quantitative estimate of drug-likeness (QED) is 0.596. The minimum atomic E-state index is -3.56. The van der Waals surface area contributed by atoms with Crippen molar-refractivity contribution in [1.29, 1.82) is 0 Å². The molecule has 1 aliphatic rings. The molecule has 1 heterocycles. The molecular formula is C23H27N3O4S. The Bertz CT molecular complexity index is 1190. The maximum Gasteiger partial charge on any atom is 0.240 e. The molecule has 0 radical (unpaired) electrons. The molecule has 0 unspecified atom stereocenters. The molecule has 1 saturated carbocycles. The first-order chi connectivity index (χ1) is 14.8. The van der Waals surface area contributed by atoms with Crippen LogP contribution in [0.5, 0.6) is 0 Å². The zero-order valence-electron chi connectivity index (χ0n) is 17.8. The van der Waals surface area contributed by atoms with E-state index >= 15 is 0 Å². The molecule has 164 valence electrons. The Kier molecular flexibility index (Phi) is 6.11. The zero-order valence-corrected chi connectivity index (χ0v) is 18.6. The smallest absolute Gasteiger partial charge is 0.240 e. The second kappa shape index (κ2) is 8.80. The number of aryl methyl sites for hydroxylation is 2. The van der Waals surface area contributed by atoms with Crippen LogP contribution in [0.3, 0.4) is 0 Å². The number of hydrogen-bond donors (Lipinski definition) is 2. The van der Waals surface area contributed by atoms with E-state index in [1.54, 1.807) is 12.1 Å². The number of fused-ring (bicyclic) bond motifs is 1. The zero-order chi connectivity index (χ0) is 22.0. The van der Waals surface area contributed by atoms with Crippen LogP contribution in [0.2, 0.25) is 0 Å². The van der Waals surface area contributed by atoms with Gasteiger partial charge in [0.15, 0.2) is 5.58 Å². The SMILES string of the molecule is Cc1cc(C)c2c(CC(=O)Nc3ccc(S(=O)(=O)NC4CCCCC4)cc3)noc2c1. The molecule has 0 spiro atoms. The molecule has 0 saturated heterocycles. The monoisotopic (exact) mass is 441 g/mol.